The average Bonchev–Trinajstić information content (AvgIpc) is 3.09. The molecule has 3 rings (SSSR count). The van der Waals surface area contributed by atoms with E-state index in [9.17, 15) is 9.59 Å². The third kappa shape index (κ3) is 4.69. The Morgan fingerprint density at radius 3 is 2.54 bits per heavy atom. The van der Waals surface area contributed by atoms with Gasteiger partial charge >= 0.3 is 0 Å². The maximum Gasteiger partial charge on any atom is 0.254 e. The summed E-state index contributed by atoms with van der Waals surface area (Å²) >= 11 is 1.32. The van der Waals surface area contributed by atoms with Gasteiger partial charge in [0.25, 0.3) is 5.56 Å². The fraction of sp³-hybridized carbons (Fsp3) is 0.350. The number of H-pyrrole nitrogens is 1. The highest BCUT2D eigenvalue weighted by Crippen LogP contribution is 2.27. The van der Waals surface area contributed by atoms with Crippen molar-refractivity contribution in [2.45, 2.75) is 46.5 Å². The summed E-state index contributed by atoms with van der Waals surface area (Å²) < 4.78 is 0. The van der Waals surface area contributed by atoms with Crippen LogP contribution in [-0.4, -0.2) is 26.1 Å². The van der Waals surface area contributed by atoms with E-state index in [-0.39, 0.29) is 17.9 Å². The summed E-state index contributed by atoms with van der Waals surface area (Å²) in [6.07, 6.45) is 0.495. The van der Waals surface area contributed by atoms with Crippen molar-refractivity contribution >= 4 is 22.4 Å². The number of benzene rings is 1. The molecule has 2 heterocycles. The first kappa shape index (κ1) is 19.9. The number of rotatable bonds is 6. The van der Waals surface area contributed by atoms with E-state index in [1.165, 1.54) is 16.9 Å². The summed E-state index contributed by atoms with van der Waals surface area (Å²) in [4.78, 5) is 31.2. The Kier molecular flexibility index (Phi) is 5.99. The zero-order valence-corrected chi connectivity index (χ0v) is 17.2. The summed E-state index contributed by atoms with van der Waals surface area (Å²) in [7, 11) is 0. The molecule has 0 aliphatic heterocycles. The number of nitrogens with zero attached hydrogens (tertiary/aromatic N) is 3. The molecule has 0 atom stereocenters. The van der Waals surface area contributed by atoms with Crippen molar-refractivity contribution in [1.82, 2.24) is 20.2 Å². The minimum absolute atomic E-state index is 0.173. The van der Waals surface area contributed by atoms with Gasteiger partial charge in [-0.25, -0.2) is 4.98 Å². The Labute approximate surface area is 167 Å². The van der Waals surface area contributed by atoms with Crippen molar-refractivity contribution in [1.29, 1.82) is 0 Å². The number of aromatic amines is 1. The summed E-state index contributed by atoms with van der Waals surface area (Å²) in [6, 6.07) is 8.19. The molecule has 0 bridgehead atoms. The van der Waals surface area contributed by atoms with E-state index < -0.39 is 0 Å². The fourth-order valence-corrected chi connectivity index (χ4v) is 3.63. The lowest BCUT2D eigenvalue weighted by Crippen LogP contribution is -2.20. The first-order chi connectivity index (χ1) is 13.3. The number of carbonyl (C=O) groups excluding carboxylic acids is 1. The van der Waals surface area contributed by atoms with E-state index in [1.807, 2.05) is 12.1 Å². The molecule has 0 fully saturated rings. The van der Waals surface area contributed by atoms with Crippen molar-refractivity contribution in [3.63, 3.8) is 0 Å². The van der Waals surface area contributed by atoms with Gasteiger partial charge in [0, 0.05) is 23.2 Å². The molecule has 2 aromatic heterocycles. The monoisotopic (exact) mass is 397 g/mol. The standard InChI is InChI=1S/C20H23N5O2S/c1-11(2)14-5-7-15(8-6-14)19-24-25-20(28-19)23-17(26)10-9-16-12(3)21-13(4)22-18(16)27/h5-8,11H,9-10H2,1-4H3,(H,21,22,27)(H,23,25,26). The van der Waals surface area contributed by atoms with Gasteiger partial charge in [0.1, 0.15) is 10.8 Å². The van der Waals surface area contributed by atoms with E-state index >= 15 is 0 Å². The maximum atomic E-state index is 12.2. The van der Waals surface area contributed by atoms with Gasteiger partial charge in [0.05, 0.1) is 0 Å². The molecule has 0 unspecified atom stereocenters. The van der Waals surface area contributed by atoms with Crippen LogP contribution in [0, 0.1) is 13.8 Å². The van der Waals surface area contributed by atoms with Crippen LogP contribution >= 0.6 is 11.3 Å². The van der Waals surface area contributed by atoms with Gasteiger partial charge in [-0.1, -0.05) is 49.4 Å². The number of anilines is 1. The Bertz CT molecular complexity index is 1040. The summed E-state index contributed by atoms with van der Waals surface area (Å²) in [5.41, 5.74) is 3.22. The zero-order chi connectivity index (χ0) is 20.3. The minimum Gasteiger partial charge on any atom is -0.311 e. The molecule has 2 N–H and O–H groups in total. The molecule has 0 aliphatic carbocycles. The Hall–Kier alpha value is -2.87. The molecule has 1 aromatic carbocycles. The Morgan fingerprint density at radius 2 is 1.89 bits per heavy atom. The highest BCUT2D eigenvalue weighted by molar-refractivity contribution is 7.18. The molecule has 0 saturated heterocycles. The number of carbonyl (C=O) groups is 1. The first-order valence-corrected chi connectivity index (χ1v) is 9.95. The number of amides is 1. The van der Waals surface area contributed by atoms with Crippen LogP contribution in [-0.2, 0) is 11.2 Å². The third-order valence-electron chi connectivity index (χ3n) is 4.44. The van der Waals surface area contributed by atoms with E-state index in [0.29, 0.717) is 34.6 Å². The van der Waals surface area contributed by atoms with Crippen LogP contribution in [0.4, 0.5) is 5.13 Å². The summed E-state index contributed by atoms with van der Waals surface area (Å²) in [5, 5.41) is 12.2. The van der Waals surface area contributed by atoms with Gasteiger partial charge in [0.2, 0.25) is 11.0 Å². The number of hydrogen-bond donors (Lipinski definition) is 2. The number of aryl methyl sites for hydroxylation is 2. The van der Waals surface area contributed by atoms with Crippen molar-refractivity contribution in [2.24, 2.45) is 0 Å². The van der Waals surface area contributed by atoms with Crippen molar-refractivity contribution < 1.29 is 4.79 Å². The quantitative estimate of drug-likeness (QED) is 0.662. The van der Waals surface area contributed by atoms with Crippen LogP contribution in [0.15, 0.2) is 29.1 Å². The van der Waals surface area contributed by atoms with E-state index in [0.717, 1.165) is 10.6 Å². The van der Waals surface area contributed by atoms with Crippen LogP contribution in [0.3, 0.4) is 0 Å². The molecule has 0 aliphatic rings. The molecule has 1 amide bonds. The van der Waals surface area contributed by atoms with Crippen LogP contribution in [0.1, 0.15) is 48.8 Å². The summed E-state index contributed by atoms with van der Waals surface area (Å²) in [5.74, 6) is 0.827. The number of nitrogens with one attached hydrogen (secondary N) is 2. The Morgan fingerprint density at radius 1 is 1.18 bits per heavy atom. The molecule has 8 heteroatoms. The second kappa shape index (κ2) is 8.43. The van der Waals surface area contributed by atoms with Crippen LogP contribution in [0.5, 0.6) is 0 Å². The lowest BCUT2D eigenvalue weighted by Gasteiger charge is -2.05. The van der Waals surface area contributed by atoms with Crippen LogP contribution in [0.25, 0.3) is 10.6 Å². The van der Waals surface area contributed by atoms with E-state index in [1.54, 1.807) is 13.8 Å². The van der Waals surface area contributed by atoms with Gasteiger partial charge in [-0.2, -0.15) is 0 Å². The van der Waals surface area contributed by atoms with Crippen LogP contribution in [0.2, 0.25) is 0 Å². The SMILES string of the molecule is Cc1nc(C)c(CCC(=O)Nc2nnc(-c3ccc(C(C)C)cc3)s2)c(=O)[nH]1. The van der Waals surface area contributed by atoms with E-state index in [2.05, 4.69) is 51.5 Å². The fourth-order valence-electron chi connectivity index (χ4n) is 2.87. The molecule has 7 nitrogen and oxygen atoms in total. The first-order valence-electron chi connectivity index (χ1n) is 9.13. The molecule has 28 heavy (non-hydrogen) atoms. The molecule has 0 saturated carbocycles. The Balaban J connectivity index is 1.62. The molecule has 3 aromatic rings. The molecule has 0 spiro atoms. The lowest BCUT2D eigenvalue weighted by molar-refractivity contribution is -0.116. The number of aromatic nitrogens is 4. The van der Waals surface area contributed by atoms with Crippen molar-refractivity contribution in [3.8, 4) is 10.6 Å². The highest BCUT2D eigenvalue weighted by Gasteiger charge is 2.13. The second-order valence-corrected chi connectivity index (χ2v) is 7.93. The maximum absolute atomic E-state index is 12.2. The largest absolute Gasteiger partial charge is 0.311 e. The van der Waals surface area contributed by atoms with Crippen molar-refractivity contribution in [3.05, 3.63) is 57.3 Å². The molecule has 146 valence electrons. The summed E-state index contributed by atoms with van der Waals surface area (Å²) in [6.45, 7) is 7.80. The predicted octanol–water partition coefficient (Wildman–Crippen LogP) is 3.60. The topological polar surface area (TPSA) is 101 Å². The lowest BCUT2D eigenvalue weighted by atomic mass is 10.0. The smallest absolute Gasteiger partial charge is 0.254 e. The van der Waals surface area contributed by atoms with Gasteiger partial charge in [-0.15, -0.1) is 10.2 Å². The van der Waals surface area contributed by atoms with Gasteiger partial charge in [-0.3, -0.25) is 9.59 Å². The zero-order valence-electron chi connectivity index (χ0n) is 16.4. The number of hydrogen-bond acceptors (Lipinski definition) is 6. The normalized spacial score (nSPS) is 11.0. The highest BCUT2D eigenvalue weighted by atomic mass is 32.1. The molecule has 0 radical (unpaired) electrons. The van der Waals surface area contributed by atoms with Crippen LogP contribution < -0.4 is 10.9 Å². The molecular weight excluding hydrogens is 374 g/mol. The third-order valence-corrected chi connectivity index (χ3v) is 5.33. The minimum atomic E-state index is -0.211. The van der Waals surface area contributed by atoms with Gasteiger partial charge in [0.15, 0.2) is 0 Å². The second-order valence-electron chi connectivity index (χ2n) is 6.95. The van der Waals surface area contributed by atoms with E-state index in [4.69, 9.17) is 0 Å². The van der Waals surface area contributed by atoms with Crippen molar-refractivity contribution in [2.75, 3.05) is 5.32 Å². The van der Waals surface area contributed by atoms with Gasteiger partial charge < -0.3 is 10.3 Å². The molecular formula is C20H23N5O2S. The predicted molar refractivity (Wildman–Crippen MR) is 111 cm³/mol. The average molecular weight is 398 g/mol. The van der Waals surface area contributed by atoms with Gasteiger partial charge in [-0.05, 0) is 31.7 Å².